The fourth-order valence-corrected chi connectivity index (χ4v) is 3.71. The van der Waals surface area contributed by atoms with Crippen molar-refractivity contribution in [2.75, 3.05) is 56.2 Å². The molecule has 0 aliphatic carbocycles. The van der Waals surface area contributed by atoms with Gasteiger partial charge in [0.2, 0.25) is 0 Å². The van der Waals surface area contributed by atoms with Crippen molar-refractivity contribution in [3.05, 3.63) is 24.5 Å². The van der Waals surface area contributed by atoms with E-state index in [0.717, 1.165) is 56.1 Å². The van der Waals surface area contributed by atoms with Gasteiger partial charge in [-0.05, 0) is 38.1 Å². The molecule has 0 spiro atoms. The monoisotopic (exact) mass is 327 g/mol. The summed E-state index contributed by atoms with van der Waals surface area (Å²) in [7, 11) is 2.04. The molecular weight excluding hydrogens is 302 g/mol. The van der Waals surface area contributed by atoms with Crippen molar-refractivity contribution in [1.82, 2.24) is 15.3 Å². The quantitative estimate of drug-likeness (QED) is 0.925. The number of morpholine rings is 1. The molecule has 2 aromatic rings. The Labute approximate surface area is 142 Å². The smallest absolute Gasteiger partial charge is 0.139 e. The highest BCUT2D eigenvalue weighted by molar-refractivity contribution is 5.91. The van der Waals surface area contributed by atoms with Gasteiger partial charge in [-0.1, -0.05) is 0 Å². The Morgan fingerprint density at radius 1 is 1.12 bits per heavy atom. The summed E-state index contributed by atoms with van der Waals surface area (Å²) in [6.07, 6.45) is 4.13. The molecule has 0 bridgehead atoms. The van der Waals surface area contributed by atoms with Crippen LogP contribution in [0.5, 0.6) is 0 Å². The van der Waals surface area contributed by atoms with Crippen LogP contribution in [-0.2, 0) is 4.74 Å². The molecule has 3 heterocycles. The van der Waals surface area contributed by atoms with Gasteiger partial charge in [0.15, 0.2) is 0 Å². The number of aromatic nitrogens is 2. The van der Waals surface area contributed by atoms with Crippen LogP contribution < -0.4 is 15.1 Å². The van der Waals surface area contributed by atoms with E-state index in [2.05, 4.69) is 43.3 Å². The third-order valence-electron chi connectivity index (χ3n) is 5.10. The standard InChI is InChI=1S/C18H25N5O/c1-19-14-3-2-6-23(12-14)18-16-5-4-15(11-17(16)20-13-21-18)22-7-9-24-10-8-22/h4-5,11,13-14,19H,2-3,6-10,12H2,1H3. The molecule has 0 amide bonds. The maximum atomic E-state index is 5.45. The summed E-state index contributed by atoms with van der Waals surface area (Å²) >= 11 is 0. The Balaban J connectivity index is 1.65. The molecule has 2 aliphatic heterocycles. The minimum atomic E-state index is 0.538. The van der Waals surface area contributed by atoms with Gasteiger partial charge in [0.1, 0.15) is 12.1 Å². The molecule has 4 rings (SSSR count). The van der Waals surface area contributed by atoms with E-state index in [9.17, 15) is 0 Å². The number of likely N-dealkylation sites (N-methyl/N-ethyl adjacent to an activating group) is 1. The second kappa shape index (κ2) is 6.91. The molecule has 24 heavy (non-hydrogen) atoms. The third-order valence-corrected chi connectivity index (χ3v) is 5.10. The predicted octanol–water partition coefficient (Wildman–Crippen LogP) is 1.65. The number of nitrogens with one attached hydrogen (secondary N) is 1. The second-order valence-electron chi connectivity index (χ2n) is 6.57. The van der Waals surface area contributed by atoms with Crippen molar-refractivity contribution >= 4 is 22.4 Å². The molecule has 1 N–H and O–H groups in total. The summed E-state index contributed by atoms with van der Waals surface area (Å²) in [4.78, 5) is 13.9. The number of ether oxygens (including phenoxy) is 1. The van der Waals surface area contributed by atoms with Crippen LogP contribution in [0.25, 0.3) is 10.9 Å². The molecule has 1 aromatic heterocycles. The number of nitrogens with zero attached hydrogens (tertiary/aromatic N) is 4. The van der Waals surface area contributed by atoms with Gasteiger partial charge in [0.05, 0.1) is 18.7 Å². The molecule has 2 aliphatic rings. The van der Waals surface area contributed by atoms with E-state index in [1.807, 2.05) is 7.05 Å². The van der Waals surface area contributed by atoms with Crippen LogP contribution in [0, 0.1) is 0 Å². The van der Waals surface area contributed by atoms with Crippen LogP contribution in [0.4, 0.5) is 11.5 Å². The first-order valence-corrected chi connectivity index (χ1v) is 8.85. The number of fused-ring (bicyclic) bond motifs is 1. The highest BCUT2D eigenvalue weighted by atomic mass is 16.5. The van der Waals surface area contributed by atoms with Crippen molar-refractivity contribution in [3.8, 4) is 0 Å². The van der Waals surface area contributed by atoms with E-state index >= 15 is 0 Å². The summed E-state index contributed by atoms with van der Waals surface area (Å²) in [6.45, 7) is 5.56. The van der Waals surface area contributed by atoms with Gasteiger partial charge in [-0.3, -0.25) is 0 Å². The highest BCUT2D eigenvalue weighted by Crippen LogP contribution is 2.29. The SMILES string of the molecule is CNC1CCCN(c2ncnc3cc(N4CCOCC4)ccc23)C1. The molecule has 6 nitrogen and oxygen atoms in total. The van der Waals surface area contributed by atoms with Gasteiger partial charge >= 0.3 is 0 Å². The maximum absolute atomic E-state index is 5.45. The molecule has 2 fully saturated rings. The lowest BCUT2D eigenvalue weighted by atomic mass is 10.1. The van der Waals surface area contributed by atoms with Crippen LogP contribution in [0.2, 0.25) is 0 Å². The fourth-order valence-electron chi connectivity index (χ4n) is 3.71. The van der Waals surface area contributed by atoms with E-state index in [0.29, 0.717) is 6.04 Å². The van der Waals surface area contributed by atoms with E-state index in [4.69, 9.17) is 4.74 Å². The van der Waals surface area contributed by atoms with Crippen LogP contribution in [0.1, 0.15) is 12.8 Å². The van der Waals surface area contributed by atoms with E-state index in [1.165, 1.54) is 18.5 Å². The summed E-state index contributed by atoms with van der Waals surface area (Å²) in [6, 6.07) is 7.10. The van der Waals surface area contributed by atoms with Crippen LogP contribution in [0.15, 0.2) is 24.5 Å². The number of rotatable bonds is 3. The van der Waals surface area contributed by atoms with Crippen LogP contribution >= 0.6 is 0 Å². The molecule has 1 atom stereocenters. The number of benzene rings is 1. The lowest BCUT2D eigenvalue weighted by Gasteiger charge is -2.34. The zero-order valence-corrected chi connectivity index (χ0v) is 14.2. The Kier molecular flexibility index (Phi) is 4.49. The Morgan fingerprint density at radius 3 is 2.83 bits per heavy atom. The highest BCUT2D eigenvalue weighted by Gasteiger charge is 2.21. The van der Waals surface area contributed by atoms with Crippen LogP contribution in [0.3, 0.4) is 0 Å². The number of anilines is 2. The zero-order valence-electron chi connectivity index (χ0n) is 14.2. The molecule has 6 heteroatoms. The summed E-state index contributed by atoms with van der Waals surface area (Å²) in [5.74, 6) is 1.06. The fraction of sp³-hybridized carbons (Fsp3) is 0.556. The van der Waals surface area contributed by atoms with Crippen molar-refractivity contribution in [1.29, 1.82) is 0 Å². The number of piperidine rings is 1. The first kappa shape index (κ1) is 15.6. The van der Waals surface area contributed by atoms with Gasteiger partial charge in [-0.25, -0.2) is 9.97 Å². The average molecular weight is 327 g/mol. The normalized spacial score (nSPS) is 22.1. The van der Waals surface area contributed by atoms with Crippen molar-refractivity contribution in [3.63, 3.8) is 0 Å². The average Bonchev–Trinajstić information content (AvgIpc) is 2.68. The largest absolute Gasteiger partial charge is 0.378 e. The minimum Gasteiger partial charge on any atom is -0.378 e. The first-order valence-electron chi connectivity index (χ1n) is 8.85. The molecule has 0 saturated carbocycles. The van der Waals surface area contributed by atoms with E-state index in [-0.39, 0.29) is 0 Å². The molecule has 2 saturated heterocycles. The first-order chi connectivity index (χ1) is 11.8. The van der Waals surface area contributed by atoms with Gasteiger partial charge in [-0.2, -0.15) is 0 Å². The summed E-state index contributed by atoms with van der Waals surface area (Å²) < 4.78 is 5.45. The molecule has 0 radical (unpaired) electrons. The molecule has 1 unspecified atom stereocenters. The Hall–Kier alpha value is -1.92. The third kappa shape index (κ3) is 3.03. The molecular formula is C18H25N5O. The van der Waals surface area contributed by atoms with Gasteiger partial charge < -0.3 is 19.9 Å². The van der Waals surface area contributed by atoms with E-state index in [1.54, 1.807) is 6.33 Å². The number of hydrogen-bond acceptors (Lipinski definition) is 6. The summed E-state index contributed by atoms with van der Waals surface area (Å²) in [5, 5.41) is 4.54. The van der Waals surface area contributed by atoms with Gasteiger partial charge in [0, 0.05) is 43.3 Å². The van der Waals surface area contributed by atoms with Crippen molar-refractivity contribution in [2.45, 2.75) is 18.9 Å². The van der Waals surface area contributed by atoms with Crippen molar-refractivity contribution in [2.24, 2.45) is 0 Å². The Bertz CT molecular complexity index is 701. The predicted molar refractivity (Wildman–Crippen MR) is 96.9 cm³/mol. The van der Waals surface area contributed by atoms with Crippen LogP contribution in [-0.4, -0.2) is 62.5 Å². The molecule has 128 valence electrons. The van der Waals surface area contributed by atoms with E-state index < -0.39 is 0 Å². The summed E-state index contributed by atoms with van der Waals surface area (Å²) in [5.41, 5.74) is 2.25. The topological polar surface area (TPSA) is 53.5 Å². The lowest BCUT2D eigenvalue weighted by molar-refractivity contribution is 0.122. The van der Waals surface area contributed by atoms with Gasteiger partial charge in [-0.15, -0.1) is 0 Å². The minimum absolute atomic E-state index is 0.538. The number of hydrogen-bond donors (Lipinski definition) is 1. The van der Waals surface area contributed by atoms with Crippen molar-refractivity contribution < 1.29 is 4.74 Å². The molecule has 1 aromatic carbocycles. The zero-order chi connectivity index (χ0) is 16.4. The second-order valence-corrected chi connectivity index (χ2v) is 6.57. The maximum Gasteiger partial charge on any atom is 0.139 e. The Morgan fingerprint density at radius 2 is 2.00 bits per heavy atom. The lowest BCUT2D eigenvalue weighted by Crippen LogP contribution is -2.44. The van der Waals surface area contributed by atoms with Gasteiger partial charge in [0.25, 0.3) is 0 Å².